The van der Waals surface area contributed by atoms with Crippen LogP contribution in [0.25, 0.3) is 0 Å². The maximum absolute atomic E-state index is 12.1. The lowest BCUT2D eigenvalue weighted by atomic mass is 9.92. The van der Waals surface area contributed by atoms with Crippen molar-refractivity contribution in [1.29, 1.82) is 0 Å². The van der Waals surface area contributed by atoms with Gasteiger partial charge in [-0.05, 0) is 50.3 Å². The third kappa shape index (κ3) is 5.00. The minimum atomic E-state index is -0.471. The van der Waals surface area contributed by atoms with Crippen LogP contribution in [-0.4, -0.2) is 31.2 Å². The van der Waals surface area contributed by atoms with Gasteiger partial charge in [-0.15, -0.1) is 0 Å². The van der Waals surface area contributed by atoms with Crippen molar-refractivity contribution in [2.24, 2.45) is 5.73 Å². The minimum Gasteiger partial charge on any atom is -0.497 e. The number of carbonyl (C=O) groups is 1. The van der Waals surface area contributed by atoms with Crippen molar-refractivity contribution in [3.63, 3.8) is 0 Å². The Morgan fingerprint density at radius 1 is 1.36 bits per heavy atom. The van der Waals surface area contributed by atoms with Crippen LogP contribution < -0.4 is 15.8 Å². The molecule has 1 amide bonds. The predicted molar refractivity (Wildman–Crippen MR) is 85.6 cm³/mol. The highest BCUT2D eigenvalue weighted by molar-refractivity contribution is 5.80. The highest BCUT2D eigenvalue weighted by Crippen LogP contribution is 2.17. The van der Waals surface area contributed by atoms with E-state index in [0.29, 0.717) is 6.61 Å². The van der Waals surface area contributed by atoms with Crippen LogP contribution in [0, 0.1) is 0 Å². The van der Waals surface area contributed by atoms with Crippen molar-refractivity contribution < 1.29 is 14.3 Å². The lowest BCUT2D eigenvalue weighted by Crippen LogP contribution is -2.44. The highest BCUT2D eigenvalue weighted by Gasteiger charge is 2.22. The molecule has 0 bridgehead atoms. The molecule has 0 saturated heterocycles. The lowest BCUT2D eigenvalue weighted by molar-refractivity contribution is -0.133. The number of hydrogen-bond donors (Lipinski definition) is 2. The third-order valence-corrected chi connectivity index (χ3v) is 4.12. The zero-order chi connectivity index (χ0) is 15.9. The van der Waals surface area contributed by atoms with Gasteiger partial charge in [-0.2, -0.15) is 0 Å². The van der Waals surface area contributed by atoms with Gasteiger partial charge in [0.1, 0.15) is 11.9 Å². The second kappa shape index (κ2) is 8.15. The standard InChI is InChI=1S/C17H26N2O3/c1-12(17(20)19-15-8-6-14(18)7-9-15)22-11-13-4-3-5-16(10-13)21-2/h3-5,10,12,14-15H,6-9,11,18H2,1-2H3,(H,19,20). The molecular formula is C17H26N2O3. The Kier molecular flexibility index (Phi) is 6.21. The Labute approximate surface area is 132 Å². The first-order valence-corrected chi connectivity index (χ1v) is 7.89. The normalized spacial score (nSPS) is 22.9. The van der Waals surface area contributed by atoms with E-state index in [9.17, 15) is 4.79 Å². The summed E-state index contributed by atoms with van der Waals surface area (Å²) >= 11 is 0. The van der Waals surface area contributed by atoms with Gasteiger partial charge in [-0.3, -0.25) is 4.79 Å². The van der Waals surface area contributed by atoms with Crippen LogP contribution >= 0.6 is 0 Å². The average Bonchev–Trinajstić information content (AvgIpc) is 2.54. The van der Waals surface area contributed by atoms with E-state index >= 15 is 0 Å². The Balaban J connectivity index is 1.76. The number of methoxy groups -OCH3 is 1. The van der Waals surface area contributed by atoms with Crippen molar-refractivity contribution in [1.82, 2.24) is 5.32 Å². The molecule has 2 rings (SSSR count). The maximum Gasteiger partial charge on any atom is 0.249 e. The molecule has 122 valence electrons. The number of hydrogen-bond acceptors (Lipinski definition) is 4. The number of benzene rings is 1. The molecule has 5 heteroatoms. The number of rotatable bonds is 6. The zero-order valence-corrected chi connectivity index (χ0v) is 13.4. The van der Waals surface area contributed by atoms with Crippen molar-refractivity contribution in [2.75, 3.05) is 7.11 Å². The molecule has 0 aromatic heterocycles. The fourth-order valence-corrected chi connectivity index (χ4v) is 2.64. The second-order valence-electron chi connectivity index (χ2n) is 5.93. The maximum atomic E-state index is 12.1. The molecule has 1 aromatic rings. The molecule has 1 aliphatic rings. The molecule has 1 atom stereocenters. The summed E-state index contributed by atoms with van der Waals surface area (Å²) < 4.78 is 10.8. The van der Waals surface area contributed by atoms with Crippen molar-refractivity contribution in [2.45, 2.75) is 57.4 Å². The molecule has 1 aliphatic carbocycles. The van der Waals surface area contributed by atoms with Gasteiger partial charge in [-0.25, -0.2) is 0 Å². The number of ether oxygens (including phenoxy) is 2. The SMILES string of the molecule is COc1cccc(COC(C)C(=O)NC2CCC(N)CC2)c1. The second-order valence-corrected chi connectivity index (χ2v) is 5.93. The molecule has 1 fully saturated rings. The number of carbonyl (C=O) groups excluding carboxylic acids is 1. The van der Waals surface area contributed by atoms with E-state index in [4.69, 9.17) is 15.2 Å². The van der Waals surface area contributed by atoms with Crippen molar-refractivity contribution in [3.8, 4) is 5.75 Å². The smallest absolute Gasteiger partial charge is 0.249 e. The van der Waals surface area contributed by atoms with E-state index in [0.717, 1.165) is 37.0 Å². The fourth-order valence-electron chi connectivity index (χ4n) is 2.64. The van der Waals surface area contributed by atoms with Crippen LogP contribution in [0.3, 0.4) is 0 Å². The lowest BCUT2D eigenvalue weighted by Gasteiger charge is -2.27. The molecule has 0 aliphatic heterocycles. The molecule has 22 heavy (non-hydrogen) atoms. The monoisotopic (exact) mass is 306 g/mol. The van der Waals surface area contributed by atoms with Gasteiger partial charge < -0.3 is 20.5 Å². The molecule has 1 aromatic carbocycles. The van der Waals surface area contributed by atoms with Gasteiger partial charge in [0.05, 0.1) is 13.7 Å². The first-order chi connectivity index (χ1) is 10.6. The number of nitrogens with one attached hydrogen (secondary N) is 1. The summed E-state index contributed by atoms with van der Waals surface area (Å²) in [6.45, 7) is 2.17. The largest absolute Gasteiger partial charge is 0.497 e. The molecule has 5 nitrogen and oxygen atoms in total. The molecule has 3 N–H and O–H groups in total. The topological polar surface area (TPSA) is 73.6 Å². The number of nitrogens with two attached hydrogens (primary N) is 1. The average molecular weight is 306 g/mol. The van der Waals surface area contributed by atoms with Crippen LogP contribution in [0.15, 0.2) is 24.3 Å². The van der Waals surface area contributed by atoms with Gasteiger partial charge in [-0.1, -0.05) is 12.1 Å². The minimum absolute atomic E-state index is 0.0524. The van der Waals surface area contributed by atoms with Crippen molar-refractivity contribution >= 4 is 5.91 Å². The van der Waals surface area contributed by atoms with Crippen molar-refractivity contribution in [3.05, 3.63) is 29.8 Å². The summed E-state index contributed by atoms with van der Waals surface area (Å²) in [5.74, 6) is 0.736. The highest BCUT2D eigenvalue weighted by atomic mass is 16.5. The molecular weight excluding hydrogens is 280 g/mol. The van der Waals surface area contributed by atoms with E-state index in [-0.39, 0.29) is 18.0 Å². The first-order valence-electron chi connectivity index (χ1n) is 7.89. The molecule has 0 radical (unpaired) electrons. The Morgan fingerprint density at radius 2 is 2.09 bits per heavy atom. The van der Waals surface area contributed by atoms with Gasteiger partial charge in [0.25, 0.3) is 0 Å². The Morgan fingerprint density at radius 3 is 2.77 bits per heavy atom. The zero-order valence-electron chi connectivity index (χ0n) is 13.4. The fraction of sp³-hybridized carbons (Fsp3) is 0.588. The van der Waals surface area contributed by atoms with Crippen LogP contribution in [0.2, 0.25) is 0 Å². The Bertz CT molecular complexity index is 485. The van der Waals surface area contributed by atoms with Crippen LogP contribution in [-0.2, 0) is 16.1 Å². The van der Waals surface area contributed by atoms with E-state index in [1.807, 2.05) is 24.3 Å². The van der Waals surface area contributed by atoms with Gasteiger partial charge >= 0.3 is 0 Å². The van der Waals surface area contributed by atoms with Gasteiger partial charge in [0.2, 0.25) is 5.91 Å². The molecule has 1 unspecified atom stereocenters. The molecule has 0 spiro atoms. The van der Waals surface area contributed by atoms with Crippen LogP contribution in [0.4, 0.5) is 0 Å². The summed E-state index contributed by atoms with van der Waals surface area (Å²) in [5, 5.41) is 3.05. The quantitative estimate of drug-likeness (QED) is 0.843. The van der Waals surface area contributed by atoms with Crippen LogP contribution in [0.1, 0.15) is 38.2 Å². The summed E-state index contributed by atoms with van der Waals surface area (Å²) in [7, 11) is 1.63. The molecule has 1 saturated carbocycles. The summed E-state index contributed by atoms with van der Waals surface area (Å²) in [4.78, 5) is 12.1. The summed E-state index contributed by atoms with van der Waals surface area (Å²) in [6.07, 6.45) is 3.39. The molecule has 0 heterocycles. The number of amides is 1. The summed E-state index contributed by atoms with van der Waals surface area (Å²) in [5.41, 5.74) is 6.86. The van der Waals surface area contributed by atoms with Crippen LogP contribution in [0.5, 0.6) is 5.75 Å². The third-order valence-electron chi connectivity index (χ3n) is 4.12. The summed E-state index contributed by atoms with van der Waals surface area (Å²) in [6, 6.07) is 8.18. The van der Waals surface area contributed by atoms with Gasteiger partial charge in [0, 0.05) is 12.1 Å². The van der Waals surface area contributed by atoms with E-state index in [1.54, 1.807) is 14.0 Å². The van der Waals surface area contributed by atoms with E-state index in [1.165, 1.54) is 0 Å². The predicted octanol–water partition coefficient (Wildman–Crippen LogP) is 1.99. The van der Waals surface area contributed by atoms with Gasteiger partial charge in [0.15, 0.2) is 0 Å². The Hall–Kier alpha value is -1.59. The van der Waals surface area contributed by atoms with E-state index in [2.05, 4.69) is 5.32 Å². The first kappa shape index (κ1) is 16.8. The van der Waals surface area contributed by atoms with E-state index < -0.39 is 6.10 Å².